The van der Waals surface area contributed by atoms with Crippen LogP contribution < -0.4 is 11.1 Å². The van der Waals surface area contributed by atoms with E-state index < -0.39 is 29.9 Å². The predicted molar refractivity (Wildman–Crippen MR) is 118 cm³/mol. The Balaban J connectivity index is 1.36. The van der Waals surface area contributed by atoms with E-state index in [-0.39, 0.29) is 17.7 Å². The third-order valence-corrected chi connectivity index (χ3v) is 7.20. The number of aliphatic carboxylic acids is 1. The van der Waals surface area contributed by atoms with Gasteiger partial charge in [0.1, 0.15) is 11.7 Å². The smallest absolute Gasteiger partial charge is 0.353 e. The highest BCUT2D eigenvalue weighted by Crippen LogP contribution is 2.50. The van der Waals surface area contributed by atoms with E-state index in [9.17, 15) is 24.3 Å². The highest BCUT2D eigenvalue weighted by atomic mass is 32.2. The Morgan fingerprint density at radius 2 is 1.82 bits per heavy atom. The SMILES string of the molecule is NC(=O)c1ccc(NC(=O)N2C[C@H]3CC(Sc4ccncc4)=C(C(=O)O)N4C(=O)[C@@H]2[C@@H]34)cc1. The van der Waals surface area contributed by atoms with Gasteiger partial charge < -0.3 is 21.1 Å². The van der Waals surface area contributed by atoms with Crippen LogP contribution in [-0.2, 0) is 9.59 Å². The van der Waals surface area contributed by atoms with Gasteiger partial charge in [-0.15, -0.1) is 0 Å². The molecule has 2 saturated heterocycles. The number of benzene rings is 1. The number of nitrogens with zero attached hydrogens (tertiary/aromatic N) is 3. The van der Waals surface area contributed by atoms with E-state index in [0.717, 1.165) is 4.90 Å². The zero-order valence-electron chi connectivity index (χ0n) is 17.2. The number of hydrogen-bond acceptors (Lipinski definition) is 6. The van der Waals surface area contributed by atoms with Crippen LogP contribution in [0.3, 0.4) is 0 Å². The second-order valence-electron chi connectivity index (χ2n) is 7.99. The summed E-state index contributed by atoms with van der Waals surface area (Å²) in [5, 5.41) is 12.6. The number of carboxylic acids is 1. The van der Waals surface area contributed by atoms with Gasteiger partial charge in [-0.1, -0.05) is 11.8 Å². The zero-order chi connectivity index (χ0) is 23.3. The van der Waals surface area contributed by atoms with E-state index in [0.29, 0.717) is 29.1 Å². The summed E-state index contributed by atoms with van der Waals surface area (Å²) in [5.74, 6) is -2.19. The number of carbonyl (C=O) groups excluding carboxylic acids is 3. The van der Waals surface area contributed by atoms with Crippen molar-refractivity contribution in [1.29, 1.82) is 0 Å². The van der Waals surface area contributed by atoms with Crippen molar-refractivity contribution in [2.75, 3.05) is 11.9 Å². The summed E-state index contributed by atoms with van der Waals surface area (Å²) in [4.78, 5) is 57.4. The Morgan fingerprint density at radius 1 is 1.12 bits per heavy atom. The first kappa shape index (κ1) is 21.0. The number of allylic oxidation sites excluding steroid dienone is 1. The molecule has 33 heavy (non-hydrogen) atoms. The largest absolute Gasteiger partial charge is 0.477 e. The van der Waals surface area contributed by atoms with Gasteiger partial charge >= 0.3 is 12.0 Å². The number of urea groups is 1. The second kappa shape index (κ2) is 7.93. The third kappa shape index (κ3) is 3.50. The van der Waals surface area contributed by atoms with Crippen LogP contribution in [0.25, 0.3) is 0 Å². The molecular weight excluding hydrogens is 446 g/mol. The maximum absolute atomic E-state index is 13.0. The molecule has 11 heteroatoms. The van der Waals surface area contributed by atoms with Crippen molar-refractivity contribution in [3.05, 3.63) is 65.0 Å². The molecular formula is C22H19N5O5S. The van der Waals surface area contributed by atoms with Crippen molar-refractivity contribution < 1.29 is 24.3 Å². The number of β-lactam (4-membered cyclic amide) rings is 1. The van der Waals surface area contributed by atoms with E-state index in [4.69, 9.17) is 5.73 Å². The van der Waals surface area contributed by atoms with Gasteiger partial charge in [-0.25, -0.2) is 9.59 Å². The normalized spacial score (nSPS) is 23.2. The molecule has 0 bridgehead atoms. The van der Waals surface area contributed by atoms with Crippen molar-refractivity contribution in [3.8, 4) is 0 Å². The Labute approximate surface area is 192 Å². The number of anilines is 1. The first-order valence-electron chi connectivity index (χ1n) is 10.2. The third-order valence-electron chi connectivity index (χ3n) is 6.09. The van der Waals surface area contributed by atoms with Crippen LogP contribution >= 0.6 is 11.8 Å². The van der Waals surface area contributed by atoms with Gasteiger partial charge in [-0.05, 0) is 42.8 Å². The lowest BCUT2D eigenvalue weighted by atomic mass is 9.82. The van der Waals surface area contributed by atoms with Crippen LogP contribution in [0.1, 0.15) is 16.8 Å². The van der Waals surface area contributed by atoms with E-state index in [1.54, 1.807) is 36.7 Å². The lowest BCUT2D eigenvalue weighted by Crippen LogP contribution is -2.69. The topological polar surface area (TPSA) is 146 Å². The molecule has 0 saturated carbocycles. The van der Waals surface area contributed by atoms with Crippen LogP contribution in [0.2, 0.25) is 0 Å². The van der Waals surface area contributed by atoms with Crippen LogP contribution in [-0.4, -0.2) is 62.3 Å². The molecule has 10 nitrogen and oxygen atoms in total. The minimum absolute atomic E-state index is 0.0105. The first-order chi connectivity index (χ1) is 15.8. The summed E-state index contributed by atoms with van der Waals surface area (Å²) >= 11 is 1.30. The number of nitrogens with one attached hydrogen (secondary N) is 1. The maximum Gasteiger partial charge on any atom is 0.353 e. The minimum atomic E-state index is -1.16. The fourth-order valence-corrected chi connectivity index (χ4v) is 5.77. The molecule has 168 valence electrons. The Hall–Kier alpha value is -3.86. The van der Waals surface area contributed by atoms with Crippen molar-refractivity contribution in [2.45, 2.75) is 23.4 Å². The van der Waals surface area contributed by atoms with Gasteiger partial charge in [0.05, 0.1) is 6.04 Å². The summed E-state index contributed by atoms with van der Waals surface area (Å²) < 4.78 is 0. The molecule has 0 aliphatic carbocycles. The number of nitrogens with two attached hydrogens (primary N) is 1. The van der Waals surface area contributed by atoms with Crippen molar-refractivity contribution in [2.24, 2.45) is 11.7 Å². The number of carbonyl (C=O) groups is 4. The van der Waals surface area contributed by atoms with Gasteiger partial charge in [-0.2, -0.15) is 0 Å². The highest BCUT2D eigenvalue weighted by molar-refractivity contribution is 8.03. The quantitative estimate of drug-likeness (QED) is 0.570. The molecule has 4 heterocycles. The number of pyridine rings is 1. The molecule has 1 aromatic carbocycles. The molecule has 0 radical (unpaired) electrons. The molecule has 4 amide bonds. The molecule has 3 atom stereocenters. The summed E-state index contributed by atoms with van der Waals surface area (Å²) in [7, 11) is 0. The van der Waals surface area contributed by atoms with Crippen molar-refractivity contribution >= 4 is 41.3 Å². The standard InChI is InChI=1S/C22H19N5O5S/c23-19(28)11-1-3-13(4-2-11)25-22(32)26-10-12-9-15(33-14-5-7-24-8-6-14)17(21(30)31)27-16(12)18(26)20(27)29/h1-8,12,16,18H,9-10H2,(H2,23,28)(H,25,32)(H,30,31)/t12-,16-,18+/m1/s1. The molecule has 5 rings (SSSR count). The molecule has 2 fully saturated rings. The van der Waals surface area contributed by atoms with Gasteiger partial charge in [0.25, 0.3) is 5.91 Å². The van der Waals surface area contributed by atoms with Crippen LogP contribution in [0.15, 0.2) is 64.3 Å². The number of primary amides is 1. The van der Waals surface area contributed by atoms with Crippen LogP contribution in [0.5, 0.6) is 0 Å². The number of carboxylic acid groups (broad SMARTS) is 1. The first-order valence-corrected chi connectivity index (χ1v) is 11.0. The van der Waals surface area contributed by atoms with Crippen LogP contribution in [0.4, 0.5) is 10.5 Å². The molecule has 3 aliphatic rings. The van der Waals surface area contributed by atoms with Gasteiger partial charge in [0.2, 0.25) is 5.91 Å². The molecule has 4 N–H and O–H groups in total. The van der Waals surface area contributed by atoms with E-state index >= 15 is 0 Å². The van der Waals surface area contributed by atoms with Crippen molar-refractivity contribution in [3.63, 3.8) is 0 Å². The number of amides is 4. The maximum atomic E-state index is 13.0. The Morgan fingerprint density at radius 3 is 2.45 bits per heavy atom. The average molecular weight is 465 g/mol. The predicted octanol–water partition coefficient (Wildman–Crippen LogP) is 1.72. The molecule has 0 unspecified atom stereocenters. The monoisotopic (exact) mass is 465 g/mol. The summed E-state index contributed by atoms with van der Waals surface area (Å²) in [5.41, 5.74) is 6.00. The average Bonchev–Trinajstić information content (AvgIpc) is 3.16. The van der Waals surface area contributed by atoms with E-state index in [2.05, 4.69) is 10.3 Å². The van der Waals surface area contributed by atoms with Crippen molar-refractivity contribution in [1.82, 2.24) is 14.8 Å². The lowest BCUT2D eigenvalue weighted by molar-refractivity contribution is -0.155. The molecule has 3 aliphatic heterocycles. The minimum Gasteiger partial charge on any atom is -0.477 e. The zero-order valence-corrected chi connectivity index (χ0v) is 18.0. The second-order valence-corrected chi connectivity index (χ2v) is 9.16. The lowest BCUT2D eigenvalue weighted by Gasteiger charge is -2.49. The fourth-order valence-electron chi connectivity index (χ4n) is 4.65. The number of likely N-dealkylation sites (tertiary alicyclic amines) is 1. The van der Waals surface area contributed by atoms with E-state index in [1.165, 1.54) is 33.7 Å². The summed E-state index contributed by atoms with van der Waals surface area (Å²) in [6.07, 6.45) is 3.70. The van der Waals surface area contributed by atoms with Gasteiger partial charge in [0.15, 0.2) is 0 Å². The number of aromatic nitrogens is 1. The van der Waals surface area contributed by atoms with Gasteiger partial charge in [-0.3, -0.25) is 19.5 Å². The molecule has 0 spiro atoms. The number of hydrogen-bond donors (Lipinski definition) is 3. The highest BCUT2D eigenvalue weighted by Gasteiger charge is 2.64. The Bertz CT molecular complexity index is 1200. The summed E-state index contributed by atoms with van der Waals surface area (Å²) in [6, 6.07) is 8.19. The molecule has 2 aromatic rings. The van der Waals surface area contributed by atoms with E-state index in [1.807, 2.05) is 0 Å². The number of rotatable bonds is 5. The Kier molecular flexibility index (Phi) is 5.05. The summed E-state index contributed by atoms with van der Waals surface area (Å²) in [6.45, 7) is 0.329. The van der Waals surface area contributed by atoms with Crippen LogP contribution in [0, 0.1) is 5.92 Å². The molecule has 1 aromatic heterocycles. The number of thioether (sulfide) groups is 1. The fraction of sp³-hybridized carbons (Fsp3) is 0.227. The van der Waals surface area contributed by atoms with Gasteiger partial charge in [0, 0.05) is 45.9 Å².